The third-order valence-corrected chi connectivity index (χ3v) is 7.01. The molecule has 0 unspecified atom stereocenters. The number of halogens is 1. The van der Waals surface area contributed by atoms with Crippen molar-refractivity contribution in [2.45, 2.75) is 24.7 Å². The van der Waals surface area contributed by atoms with E-state index in [1.807, 2.05) is 0 Å². The van der Waals surface area contributed by atoms with Gasteiger partial charge in [0.15, 0.2) is 0 Å². The van der Waals surface area contributed by atoms with Gasteiger partial charge in [0.05, 0.1) is 16.1 Å². The first-order valence-corrected chi connectivity index (χ1v) is 11.0. The fourth-order valence-corrected chi connectivity index (χ4v) is 4.95. The molecule has 2 aromatic carbocycles. The van der Waals surface area contributed by atoms with Crippen LogP contribution in [0.15, 0.2) is 47.4 Å². The second kappa shape index (κ2) is 8.42. The smallest absolute Gasteiger partial charge is 0.262 e. The Morgan fingerprint density at radius 2 is 1.76 bits per heavy atom. The maximum absolute atomic E-state index is 13.0. The highest BCUT2D eigenvalue weighted by Crippen LogP contribution is 2.27. The predicted molar refractivity (Wildman–Crippen MR) is 111 cm³/mol. The van der Waals surface area contributed by atoms with Gasteiger partial charge in [0.1, 0.15) is 0 Å². The standard InChI is InChI=1S/C20H22ClN3O4S/c1-13-16(21)6-4-8-18(13)29(27,28)23-17-7-3-2-5-15(17)20(26)24-11-9-14(10-12-24)19(22)25/h2-8,14,23H,9-12H2,1H3,(H2,22,25). The first-order chi connectivity index (χ1) is 13.7. The van der Waals surface area contributed by atoms with E-state index in [4.69, 9.17) is 17.3 Å². The number of sulfonamides is 1. The second-order valence-corrected chi connectivity index (χ2v) is 9.04. The van der Waals surface area contributed by atoms with Crippen molar-refractivity contribution in [3.63, 3.8) is 0 Å². The molecule has 0 spiro atoms. The molecule has 0 bridgehead atoms. The number of para-hydroxylation sites is 1. The van der Waals surface area contributed by atoms with E-state index < -0.39 is 10.0 Å². The molecule has 9 heteroatoms. The topological polar surface area (TPSA) is 110 Å². The van der Waals surface area contributed by atoms with Crippen LogP contribution in [0.4, 0.5) is 5.69 Å². The zero-order chi connectivity index (χ0) is 21.2. The minimum absolute atomic E-state index is 0.0505. The number of carbonyl (C=O) groups excluding carboxylic acids is 2. The second-order valence-electron chi connectivity index (χ2n) is 6.98. The minimum Gasteiger partial charge on any atom is -0.369 e. The highest BCUT2D eigenvalue weighted by molar-refractivity contribution is 7.92. The van der Waals surface area contributed by atoms with Crippen LogP contribution in [0.25, 0.3) is 0 Å². The van der Waals surface area contributed by atoms with Gasteiger partial charge in [-0.1, -0.05) is 29.8 Å². The number of anilines is 1. The molecule has 3 rings (SSSR count). The number of nitrogens with two attached hydrogens (primary N) is 1. The van der Waals surface area contributed by atoms with Crippen LogP contribution in [0, 0.1) is 12.8 Å². The van der Waals surface area contributed by atoms with Crippen LogP contribution in [-0.2, 0) is 14.8 Å². The summed E-state index contributed by atoms with van der Waals surface area (Å²) in [6, 6.07) is 11.1. The van der Waals surface area contributed by atoms with Gasteiger partial charge in [-0.15, -0.1) is 0 Å². The Bertz CT molecular complexity index is 1050. The zero-order valence-electron chi connectivity index (χ0n) is 15.9. The van der Waals surface area contributed by atoms with E-state index >= 15 is 0 Å². The Morgan fingerprint density at radius 3 is 2.41 bits per heavy atom. The summed E-state index contributed by atoms with van der Waals surface area (Å²) in [6.45, 7) is 2.40. The van der Waals surface area contributed by atoms with Crippen molar-refractivity contribution in [1.29, 1.82) is 0 Å². The molecule has 1 saturated heterocycles. The van der Waals surface area contributed by atoms with Gasteiger partial charge in [-0.05, 0) is 49.6 Å². The summed E-state index contributed by atoms with van der Waals surface area (Å²) in [5.41, 5.74) is 6.21. The van der Waals surface area contributed by atoms with Crippen LogP contribution in [0.3, 0.4) is 0 Å². The molecule has 0 atom stereocenters. The fourth-order valence-electron chi connectivity index (χ4n) is 3.37. The average molecular weight is 436 g/mol. The summed E-state index contributed by atoms with van der Waals surface area (Å²) in [5.74, 6) is -0.894. The molecule has 1 aliphatic heterocycles. The molecule has 0 aliphatic carbocycles. The molecule has 0 radical (unpaired) electrons. The number of piperidine rings is 1. The van der Waals surface area contributed by atoms with E-state index in [9.17, 15) is 18.0 Å². The molecule has 0 saturated carbocycles. The highest BCUT2D eigenvalue weighted by Gasteiger charge is 2.28. The Labute approximate surface area is 174 Å². The molecule has 1 fully saturated rings. The van der Waals surface area contributed by atoms with Gasteiger partial charge >= 0.3 is 0 Å². The van der Waals surface area contributed by atoms with Crippen molar-refractivity contribution in [2.75, 3.05) is 17.8 Å². The molecule has 1 heterocycles. The van der Waals surface area contributed by atoms with E-state index in [0.717, 1.165) is 0 Å². The van der Waals surface area contributed by atoms with Gasteiger partial charge in [0.2, 0.25) is 5.91 Å². The number of nitrogens with zero attached hydrogens (tertiary/aromatic N) is 1. The summed E-state index contributed by atoms with van der Waals surface area (Å²) in [7, 11) is -3.94. The predicted octanol–water partition coefficient (Wildman–Crippen LogP) is 2.79. The van der Waals surface area contributed by atoms with Crippen LogP contribution in [-0.4, -0.2) is 38.2 Å². The van der Waals surface area contributed by atoms with Crippen LogP contribution >= 0.6 is 11.6 Å². The van der Waals surface area contributed by atoms with Gasteiger partial charge in [0, 0.05) is 24.0 Å². The number of nitrogens with one attached hydrogen (secondary N) is 1. The van der Waals surface area contributed by atoms with Crippen molar-refractivity contribution < 1.29 is 18.0 Å². The summed E-state index contributed by atoms with van der Waals surface area (Å²) >= 11 is 6.05. The quantitative estimate of drug-likeness (QED) is 0.752. The minimum atomic E-state index is -3.94. The fraction of sp³-hybridized carbons (Fsp3) is 0.300. The number of hydrogen-bond donors (Lipinski definition) is 2. The lowest BCUT2D eigenvalue weighted by Crippen LogP contribution is -2.42. The van der Waals surface area contributed by atoms with E-state index in [-0.39, 0.29) is 33.9 Å². The summed E-state index contributed by atoms with van der Waals surface area (Å²) in [6.07, 6.45) is 0.993. The number of rotatable bonds is 5. The van der Waals surface area contributed by atoms with Crippen LogP contribution in [0.2, 0.25) is 5.02 Å². The third-order valence-electron chi connectivity index (χ3n) is 5.09. The number of amides is 2. The summed E-state index contributed by atoms with van der Waals surface area (Å²) in [5, 5.41) is 0.342. The Hall–Kier alpha value is -2.58. The maximum atomic E-state index is 13.0. The number of hydrogen-bond acceptors (Lipinski definition) is 4. The SMILES string of the molecule is Cc1c(Cl)cccc1S(=O)(=O)Nc1ccccc1C(=O)N1CCC(C(N)=O)CC1. The van der Waals surface area contributed by atoms with Gasteiger partial charge in [-0.3, -0.25) is 14.3 Å². The van der Waals surface area contributed by atoms with Gasteiger partial charge < -0.3 is 10.6 Å². The highest BCUT2D eigenvalue weighted by atomic mass is 35.5. The van der Waals surface area contributed by atoms with Crippen molar-refractivity contribution >= 4 is 39.1 Å². The Kier molecular flexibility index (Phi) is 6.14. The van der Waals surface area contributed by atoms with E-state index in [0.29, 0.717) is 36.5 Å². The Balaban J connectivity index is 1.85. The molecule has 1 aliphatic rings. The maximum Gasteiger partial charge on any atom is 0.262 e. The lowest BCUT2D eigenvalue weighted by atomic mass is 9.96. The van der Waals surface area contributed by atoms with Gasteiger partial charge in [0.25, 0.3) is 15.9 Å². The molecular formula is C20H22ClN3O4S. The van der Waals surface area contributed by atoms with Crippen molar-refractivity contribution in [2.24, 2.45) is 11.7 Å². The molecule has 3 N–H and O–H groups in total. The lowest BCUT2D eigenvalue weighted by molar-refractivity contribution is -0.123. The summed E-state index contributed by atoms with van der Waals surface area (Å²) < 4.78 is 28.3. The van der Waals surface area contributed by atoms with Crippen LogP contribution in [0.1, 0.15) is 28.8 Å². The summed E-state index contributed by atoms with van der Waals surface area (Å²) in [4.78, 5) is 26.0. The van der Waals surface area contributed by atoms with Gasteiger partial charge in [-0.25, -0.2) is 8.42 Å². The number of carbonyl (C=O) groups is 2. The molecule has 29 heavy (non-hydrogen) atoms. The van der Waals surface area contributed by atoms with Crippen molar-refractivity contribution in [3.8, 4) is 0 Å². The molecule has 2 amide bonds. The largest absolute Gasteiger partial charge is 0.369 e. The third kappa shape index (κ3) is 4.54. The van der Waals surface area contributed by atoms with Crippen LogP contribution in [0.5, 0.6) is 0 Å². The number of likely N-dealkylation sites (tertiary alicyclic amines) is 1. The van der Waals surface area contributed by atoms with Crippen molar-refractivity contribution in [3.05, 3.63) is 58.6 Å². The molecule has 0 aromatic heterocycles. The normalized spacial score (nSPS) is 15.2. The number of primary amides is 1. The first-order valence-electron chi connectivity index (χ1n) is 9.16. The molecule has 7 nitrogen and oxygen atoms in total. The lowest BCUT2D eigenvalue weighted by Gasteiger charge is -2.31. The van der Waals surface area contributed by atoms with Crippen molar-refractivity contribution in [1.82, 2.24) is 4.90 Å². The van der Waals surface area contributed by atoms with E-state index in [1.165, 1.54) is 6.07 Å². The number of benzene rings is 2. The molecule has 2 aromatic rings. The average Bonchev–Trinajstić information content (AvgIpc) is 2.69. The van der Waals surface area contributed by atoms with E-state index in [2.05, 4.69) is 4.72 Å². The van der Waals surface area contributed by atoms with Gasteiger partial charge in [-0.2, -0.15) is 0 Å². The first kappa shape index (κ1) is 21.1. The Morgan fingerprint density at radius 1 is 1.10 bits per heavy atom. The zero-order valence-corrected chi connectivity index (χ0v) is 17.5. The molecule has 154 valence electrons. The monoisotopic (exact) mass is 435 g/mol. The molecular weight excluding hydrogens is 414 g/mol. The van der Waals surface area contributed by atoms with Crippen LogP contribution < -0.4 is 10.5 Å². The van der Waals surface area contributed by atoms with E-state index in [1.54, 1.807) is 48.2 Å².